The lowest BCUT2D eigenvalue weighted by Crippen LogP contribution is -2.05. The fraction of sp³-hybridized carbons (Fsp3) is 0.438. The van der Waals surface area contributed by atoms with Crippen molar-refractivity contribution >= 4 is 11.3 Å². The zero-order valence-electron chi connectivity index (χ0n) is 12.8. The summed E-state index contributed by atoms with van der Waals surface area (Å²) in [6, 6.07) is 7.70. The van der Waals surface area contributed by atoms with Crippen LogP contribution in [0.2, 0.25) is 0 Å². The van der Waals surface area contributed by atoms with Crippen molar-refractivity contribution in [1.29, 1.82) is 0 Å². The molecule has 2 rings (SSSR count). The standard InChI is InChI=1S/C16H22N2O2S/c1-4-12-16(11(2)17)21-15(18-12)9-10-20-14-8-6-5-7-13(14)19-3/h5-8,11H,4,9-10,17H2,1-3H3. The number of rotatable bonds is 7. The van der Waals surface area contributed by atoms with Gasteiger partial charge in [-0.05, 0) is 25.5 Å². The van der Waals surface area contributed by atoms with E-state index in [-0.39, 0.29) is 6.04 Å². The van der Waals surface area contributed by atoms with E-state index in [1.165, 1.54) is 4.88 Å². The van der Waals surface area contributed by atoms with Crippen LogP contribution in [0.1, 0.15) is 35.5 Å². The van der Waals surface area contributed by atoms with Gasteiger partial charge in [0, 0.05) is 17.3 Å². The maximum atomic E-state index is 5.98. The van der Waals surface area contributed by atoms with Gasteiger partial charge in [-0.2, -0.15) is 0 Å². The van der Waals surface area contributed by atoms with E-state index in [1.54, 1.807) is 18.4 Å². The number of methoxy groups -OCH3 is 1. The highest BCUT2D eigenvalue weighted by Crippen LogP contribution is 2.27. The van der Waals surface area contributed by atoms with Crippen LogP contribution in [0.3, 0.4) is 0 Å². The number of nitrogens with two attached hydrogens (primary N) is 1. The van der Waals surface area contributed by atoms with Crippen molar-refractivity contribution < 1.29 is 9.47 Å². The molecule has 0 bridgehead atoms. The van der Waals surface area contributed by atoms with Crippen LogP contribution < -0.4 is 15.2 Å². The molecule has 0 spiro atoms. The van der Waals surface area contributed by atoms with Gasteiger partial charge in [-0.1, -0.05) is 19.1 Å². The van der Waals surface area contributed by atoms with Crippen LogP contribution in [-0.4, -0.2) is 18.7 Å². The van der Waals surface area contributed by atoms with Crippen LogP contribution in [0.5, 0.6) is 11.5 Å². The zero-order chi connectivity index (χ0) is 15.2. The number of nitrogens with zero attached hydrogens (tertiary/aromatic N) is 1. The smallest absolute Gasteiger partial charge is 0.161 e. The molecule has 0 aliphatic rings. The molecule has 114 valence electrons. The number of para-hydroxylation sites is 2. The van der Waals surface area contributed by atoms with Crippen molar-refractivity contribution in [2.45, 2.75) is 32.7 Å². The molecule has 1 atom stereocenters. The van der Waals surface area contributed by atoms with Gasteiger partial charge in [-0.25, -0.2) is 4.98 Å². The summed E-state index contributed by atoms with van der Waals surface area (Å²) in [5, 5.41) is 1.08. The van der Waals surface area contributed by atoms with E-state index in [0.717, 1.165) is 35.0 Å². The first kappa shape index (κ1) is 15.8. The zero-order valence-corrected chi connectivity index (χ0v) is 13.6. The van der Waals surface area contributed by atoms with Gasteiger partial charge in [0.1, 0.15) is 0 Å². The maximum absolute atomic E-state index is 5.98. The second-order valence-electron chi connectivity index (χ2n) is 4.81. The largest absolute Gasteiger partial charge is 0.493 e. The van der Waals surface area contributed by atoms with Crippen molar-refractivity contribution in [2.75, 3.05) is 13.7 Å². The summed E-state index contributed by atoms with van der Waals surface area (Å²) in [6.45, 7) is 4.69. The lowest BCUT2D eigenvalue weighted by Gasteiger charge is -2.09. The minimum absolute atomic E-state index is 0.0429. The van der Waals surface area contributed by atoms with E-state index < -0.39 is 0 Å². The summed E-state index contributed by atoms with van der Waals surface area (Å²) in [5.74, 6) is 1.52. The second kappa shape index (κ2) is 7.43. The number of hydrogen-bond donors (Lipinski definition) is 1. The van der Waals surface area contributed by atoms with Gasteiger partial charge in [0.15, 0.2) is 11.5 Å². The highest BCUT2D eigenvalue weighted by Gasteiger charge is 2.13. The van der Waals surface area contributed by atoms with Crippen LogP contribution in [0.25, 0.3) is 0 Å². The second-order valence-corrected chi connectivity index (χ2v) is 5.93. The monoisotopic (exact) mass is 306 g/mol. The first-order valence-corrected chi connectivity index (χ1v) is 7.97. The minimum Gasteiger partial charge on any atom is -0.493 e. The summed E-state index contributed by atoms with van der Waals surface area (Å²) >= 11 is 1.69. The summed E-state index contributed by atoms with van der Waals surface area (Å²) in [6.07, 6.45) is 1.70. The van der Waals surface area contributed by atoms with Gasteiger partial charge < -0.3 is 15.2 Å². The molecule has 1 aromatic carbocycles. The van der Waals surface area contributed by atoms with Gasteiger partial charge in [-0.3, -0.25) is 0 Å². The Bertz CT molecular complexity index is 581. The molecule has 0 amide bonds. The average molecular weight is 306 g/mol. The van der Waals surface area contributed by atoms with Crippen molar-refractivity contribution in [1.82, 2.24) is 4.98 Å². The molecule has 21 heavy (non-hydrogen) atoms. The molecule has 0 saturated heterocycles. The Hall–Kier alpha value is -1.59. The molecule has 1 aromatic heterocycles. The quantitative estimate of drug-likeness (QED) is 0.852. The highest BCUT2D eigenvalue weighted by molar-refractivity contribution is 7.11. The molecule has 2 N–H and O–H groups in total. The van der Waals surface area contributed by atoms with Gasteiger partial charge >= 0.3 is 0 Å². The molecule has 0 saturated carbocycles. The van der Waals surface area contributed by atoms with E-state index >= 15 is 0 Å². The molecule has 4 nitrogen and oxygen atoms in total. The van der Waals surface area contributed by atoms with E-state index in [4.69, 9.17) is 15.2 Å². The molecule has 2 aromatic rings. The Morgan fingerprint density at radius 2 is 2.00 bits per heavy atom. The first-order valence-electron chi connectivity index (χ1n) is 7.15. The maximum Gasteiger partial charge on any atom is 0.161 e. The fourth-order valence-electron chi connectivity index (χ4n) is 2.12. The summed E-state index contributed by atoms with van der Waals surface area (Å²) in [5.41, 5.74) is 7.10. The number of benzene rings is 1. The number of hydrogen-bond acceptors (Lipinski definition) is 5. The Morgan fingerprint density at radius 3 is 2.57 bits per heavy atom. The average Bonchev–Trinajstić information content (AvgIpc) is 2.91. The predicted octanol–water partition coefficient (Wildman–Crippen LogP) is 3.36. The van der Waals surface area contributed by atoms with Gasteiger partial charge in [0.25, 0.3) is 0 Å². The van der Waals surface area contributed by atoms with Crippen molar-refractivity contribution in [3.8, 4) is 11.5 Å². The normalized spacial score (nSPS) is 12.2. The van der Waals surface area contributed by atoms with Crippen LogP contribution >= 0.6 is 11.3 Å². The molecule has 0 radical (unpaired) electrons. The molecule has 0 aliphatic heterocycles. The van der Waals surface area contributed by atoms with E-state index in [1.807, 2.05) is 31.2 Å². The van der Waals surface area contributed by atoms with Crippen LogP contribution in [0.4, 0.5) is 0 Å². The third-order valence-electron chi connectivity index (χ3n) is 3.16. The van der Waals surface area contributed by atoms with Gasteiger partial charge in [-0.15, -0.1) is 11.3 Å². The summed E-state index contributed by atoms with van der Waals surface area (Å²) in [4.78, 5) is 5.84. The first-order chi connectivity index (χ1) is 10.2. The van der Waals surface area contributed by atoms with Crippen LogP contribution in [0.15, 0.2) is 24.3 Å². The Morgan fingerprint density at radius 1 is 1.29 bits per heavy atom. The number of aromatic nitrogens is 1. The predicted molar refractivity (Wildman–Crippen MR) is 86.3 cm³/mol. The third kappa shape index (κ3) is 3.95. The molecular weight excluding hydrogens is 284 g/mol. The van der Waals surface area contributed by atoms with Crippen molar-refractivity contribution in [3.63, 3.8) is 0 Å². The van der Waals surface area contributed by atoms with E-state index in [9.17, 15) is 0 Å². The van der Waals surface area contributed by atoms with E-state index in [0.29, 0.717) is 6.61 Å². The van der Waals surface area contributed by atoms with Crippen molar-refractivity contribution in [2.24, 2.45) is 5.73 Å². The van der Waals surface area contributed by atoms with Gasteiger partial charge in [0.05, 0.1) is 24.4 Å². The SMILES string of the molecule is CCc1nc(CCOc2ccccc2OC)sc1C(C)N. The van der Waals surface area contributed by atoms with E-state index in [2.05, 4.69) is 11.9 Å². The molecule has 0 aliphatic carbocycles. The lowest BCUT2D eigenvalue weighted by atomic mass is 10.2. The Balaban J connectivity index is 1.97. The van der Waals surface area contributed by atoms with Crippen LogP contribution in [0, 0.1) is 0 Å². The Kier molecular flexibility index (Phi) is 5.59. The number of ether oxygens (including phenoxy) is 2. The fourth-order valence-corrected chi connectivity index (χ4v) is 3.21. The topological polar surface area (TPSA) is 57.4 Å². The molecule has 1 unspecified atom stereocenters. The molecule has 0 fully saturated rings. The third-order valence-corrected chi connectivity index (χ3v) is 4.52. The van der Waals surface area contributed by atoms with Gasteiger partial charge in [0.2, 0.25) is 0 Å². The molecular formula is C16H22N2O2S. The van der Waals surface area contributed by atoms with Crippen molar-refractivity contribution in [3.05, 3.63) is 39.8 Å². The molecule has 5 heteroatoms. The summed E-state index contributed by atoms with van der Waals surface area (Å²) < 4.78 is 11.1. The molecule has 1 heterocycles. The summed E-state index contributed by atoms with van der Waals surface area (Å²) in [7, 11) is 1.64. The minimum atomic E-state index is 0.0429. The number of aryl methyl sites for hydroxylation is 1. The number of thiazole rings is 1. The van der Waals surface area contributed by atoms with Crippen LogP contribution in [-0.2, 0) is 12.8 Å². The lowest BCUT2D eigenvalue weighted by molar-refractivity contribution is 0.297. The highest BCUT2D eigenvalue weighted by atomic mass is 32.1. The Labute approximate surface area is 129 Å².